The minimum Gasteiger partial charge on any atom is -0.395 e. The Balaban J connectivity index is 2.26. The summed E-state index contributed by atoms with van der Waals surface area (Å²) in [6.07, 6.45) is -0.342. The SMILES string of the molecule is O=C(CCOCC(F)F)N(CCO)CC1CCCN1. The van der Waals surface area contributed by atoms with Crippen molar-refractivity contribution in [2.45, 2.75) is 31.7 Å². The summed E-state index contributed by atoms with van der Waals surface area (Å²) < 4.78 is 28.4. The van der Waals surface area contributed by atoms with Crippen molar-refractivity contribution in [2.75, 3.05) is 39.5 Å². The minimum atomic E-state index is -2.51. The Labute approximate surface area is 111 Å². The molecule has 1 rings (SSSR count). The van der Waals surface area contributed by atoms with E-state index in [-0.39, 0.29) is 38.1 Å². The number of hydrogen-bond acceptors (Lipinski definition) is 4. The van der Waals surface area contributed by atoms with Gasteiger partial charge in [0.1, 0.15) is 6.61 Å². The number of aliphatic hydroxyl groups excluding tert-OH is 1. The molecule has 0 aromatic rings. The normalized spacial score (nSPS) is 19.1. The molecule has 1 amide bonds. The molecule has 1 saturated heterocycles. The number of amides is 1. The Morgan fingerprint density at radius 2 is 2.32 bits per heavy atom. The average Bonchev–Trinajstić information content (AvgIpc) is 2.86. The Bertz CT molecular complexity index is 261. The largest absolute Gasteiger partial charge is 0.395 e. The molecule has 112 valence electrons. The molecular weight excluding hydrogens is 258 g/mol. The van der Waals surface area contributed by atoms with Crippen LogP contribution in [0.25, 0.3) is 0 Å². The van der Waals surface area contributed by atoms with Crippen molar-refractivity contribution in [1.29, 1.82) is 0 Å². The molecule has 1 aliphatic heterocycles. The van der Waals surface area contributed by atoms with Crippen molar-refractivity contribution < 1.29 is 23.4 Å². The summed E-state index contributed by atoms with van der Waals surface area (Å²) in [5.41, 5.74) is 0. The molecule has 0 saturated carbocycles. The first-order valence-electron chi connectivity index (χ1n) is 6.61. The first-order chi connectivity index (χ1) is 9.13. The summed E-state index contributed by atoms with van der Waals surface area (Å²) in [5.74, 6) is -0.169. The predicted molar refractivity (Wildman–Crippen MR) is 66.1 cm³/mol. The topological polar surface area (TPSA) is 61.8 Å². The quantitative estimate of drug-likeness (QED) is 0.594. The number of alkyl halides is 2. The van der Waals surface area contributed by atoms with E-state index in [2.05, 4.69) is 10.1 Å². The van der Waals surface area contributed by atoms with Crippen LogP contribution in [0.15, 0.2) is 0 Å². The van der Waals surface area contributed by atoms with Gasteiger partial charge in [-0.1, -0.05) is 0 Å². The molecule has 0 radical (unpaired) electrons. The van der Waals surface area contributed by atoms with Crippen molar-refractivity contribution in [2.24, 2.45) is 0 Å². The third kappa shape index (κ3) is 6.79. The first-order valence-corrected chi connectivity index (χ1v) is 6.61. The van der Waals surface area contributed by atoms with Crippen LogP contribution >= 0.6 is 0 Å². The van der Waals surface area contributed by atoms with Crippen molar-refractivity contribution in [3.8, 4) is 0 Å². The van der Waals surface area contributed by atoms with E-state index in [0.29, 0.717) is 6.54 Å². The molecule has 1 heterocycles. The van der Waals surface area contributed by atoms with Gasteiger partial charge in [-0.25, -0.2) is 8.78 Å². The standard InChI is InChI=1S/C12H22F2N2O3/c13-11(14)9-19-7-3-12(18)16(5-6-17)8-10-2-1-4-15-10/h10-11,15,17H,1-9H2. The van der Waals surface area contributed by atoms with Crippen LogP contribution in [-0.4, -0.2) is 67.8 Å². The van der Waals surface area contributed by atoms with Gasteiger partial charge in [-0.05, 0) is 19.4 Å². The smallest absolute Gasteiger partial charge is 0.261 e. The second-order valence-electron chi connectivity index (χ2n) is 4.57. The van der Waals surface area contributed by atoms with Crippen LogP contribution in [-0.2, 0) is 9.53 Å². The lowest BCUT2D eigenvalue weighted by Crippen LogP contribution is -2.42. The molecule has 1 aliphatic rings. The van der Waals surface area contributed by atoms with E-state index in [9.17, 15) is 13.6 Å². The first kappa shape index (κ1) is 16.3. The van der Waals surface area contributed by atoms with Gasteiger partial charge in [0.15, 0.2) is 0 Å². The van der Waals surface area contributed by atoms with Gasteiger partial charge in [0, 0.05) is 19.1 Å². The van der Waals surface area contributed by atoms with E-state index < -0.39 is 13.0 Å². The molecular formula is C12H22F2N2O3. The fourth-order valence-corrected chi connectivity index (χ4v) is 2.11. The summed E-state index contributed by atoms with van der Waals surface area (Å²) in [4.78, 5) is 13.4. The number of ether oxygens (including phenoxy) is 1. The molecule has 2 N–H and O–H groups in total. The molecule has 5 nitrogen and oxygen atoms in total. The zero-order valence-electron chi connectivity index (χ0n) is 11.0. The third-order valence-electron chi connectivity index (χ3n) is 3.03. The van der Waals surface area contributed by atoms with Gasteiger partial charge < -0.3 is 20.1 Å². The molecule has 1 fully saturated rings. The zero-order chi connectivity index (χ0) is 14.1. The van der Waals surface area contributed by atoms with E-state index >= 15 is 0 Å². The van der Waals surface area contributed by atoms with E-state index in [1.807, 2.05) is 0 Å². The maximum Gasteiger partial charge on any atom is 0.261 e. The highest BCUT2D eigenvalue weighted by Gasteiger charge is 2.20. The summed E-state index contributed by atoms with van der Waals surface area (Å²) in [5, 5.41) is 12.2. The second kappa shape index (κ2) is 9.17. The number of rotatable bonds is 9. The molecule has 0 bridgehead atoms. The van der Waals surface area contributed by atoms with Crippen LogP contribution in [0.1, 0.15) is 19.3 Å². The number of aliphatic hydroxyl groups is 1. The van der Waals surface area contributed by atoms with Gasteiger partial charge in [-0.3, -0.25) is 4.79 Å². The summed E-state index contributed by atoms with van der Waals surface area (Å²) >= 11 is 0. The fraction of sp³-hybridized carbons (Fsp3) is 0.917. The lowest BCUT2D eigenvalue weighted by molar-refractivity contribution is -0.133. The Morgan fingerprint density at radius 1 is 1.53 bits per heavy atom. The highest BCUT2D eigenvalue weighted by atomic mass is 19.3. The number of hydrogen-bond donors (Lipinski definition) is 2. The van der Waals surface area contributed by atoms with E-state index in [1.165, 1.54) is 0 Å². The average molecular weight is 280 g/mol. The summed E-state index contributed by atoms with van der Waals surface area (Å²) in [7, 11) is 0. The van der Waals surface area contributed by atoms with Gasteiger partial charge >= 0.3 is 0 Å². The highest BCUT2D eigenvalue weighted by molar-refractivity contribution is 5.76. The summed E-state index contributed by atoms with van der Waals surface area (Å²) in [6, 6.07) is 0.262. The molecule has 0 aliphatic carbocycles. The Morgan fingerprint density at radius 3 is 2.89 bits per heavy atom. The van der Waals surface area contributed by atoms with E-state index in [1.54, 1.807) is 4.90 Å². The molecule has 0 aromatic carbocycles. The van der Waals surface area contributed by atoms with Crippen LogP contribution in [0.4, 0.5) is 8.78 Å². The number of carbonyl (C=O) groups excluding carboxylic acids is 1. The Hall–Kier alpha value is -0.790. The Kier molecular flexibility index (Phi) is 7.85. The monoisotopic (exact) mass is 280 g/mol. The molecule has 19 heavy (non-hydrogen) atoms. The molecule has 7 heteroatoms. The molecule has 0 spiro atoms. The maximum atomic E-state index is 11.9. The van der Waals surface area contributed by atoms with Crippen molar-refractivity contribution in [1.82, 2.24) is 10.2 Å². The van der Waals surface area contributed by atoms with Crippen molar-refractivity contribution >= 4 is 5.91 Å². The maximum absolute atomic E-state index is 11.9. The molecule has 1 unspecified atom stereocenters. The van der Waals surface area contributed by atoms with Gasteiger partial charge in [-0.15, -0.1) is 0 Å². The number of nitrogens with zero attached hydrogens (tertiary/aromatic N) is 1. The zero-order valence-corrected chi connectivity index (χ0v) is 11.0. The minimum absolute atomic E-state index is 0.0107. The summed E-state index contributed by atoms with van der Waals surface area (Å²) in [6.45, 7) is 1.01. The van der Waals surface area contributed by atoms with Gasteiger partial charge in [0.2, 0.25) is 5.91 Å². The lowest BCUT2D eigenvalue weighted by Gasteiger charge is -2.25. The number of nitrogens with one attached hydrogen (secondary N) is 1. The second-order valence-corrected chi connectivity index (χ2v) is 4.57. The lowest BCUT2D eigenvalue weighted by atomic mass is 10.2. The van der Waals surface area contributed by atoms with Crippen LogP contribution in [0.2, 0.25) is 0 Å². The number of carbonyl (C=O) groups is 1. The molecule has 0 aromatic heterocycles. The van der Waals surface area contributed by atoms with Gasteiger partial charge in [-0.2, -0.15) is 0 Å². The fourth-order valence-electron chi connectivity index (χ4n) is 2.11. The van der Waals surface area contributed by atoms with Gasteiger partial charge in [0.25, 0.3) is 6.43 Å². The molecule has 1 atom stereocenters. The highest BCUT2D eigenvalue weighted by Crippen LogP contribution is 2.08. The van der Waals surface area contributed by atoms with Crippen LogP contribution in [0.5, 0.6) is 0 Å². The van der Waals surface area contributed by atoms with Crippen molar-refractivity contribution in [3.05, 3.63) is 0 Å². The van der Waals surface area contributed by atoms with E-state index in [0.717, 1.165) is 19.4 Å². The van der Waals surface area contributed by atoms with Crippen molar-refractivity contribution in [3.63, 3.8) is 0 Å². The van der Waals surface area contributed by atoms with Gasteiger partial charge in [0.05, 0.1) is 19.6 Å². The third-order valence-corrected chi connectivity index (χ3v) is 3.03. The number of halogens is 2. The van der Waals surface area contributed by atoms with Crippen LogP contribution in [0.3, 0.4) is 0 Å². The predicted octanol–water partition coefficient (Wildman–Crippen LogP) is 0.231. The van der Waals surface area contributed by atoms with Crippen LogP contribution < -0.4 is 5.32 Å². The van der Waals surface area contributed by atoms with Crippen LogP contribution in [0, 0.1) is 0 Å². The van der Waals surface area contributed by atoms with E-state index in [4.69, 9.17) is 5.11 Å².